The Balaban J connectivity index is 3.02. The van der Waals surface area contributed by atoms with E-state index in [1.807, 2.05) is 0 Å². The molecular formula is C10H8ClF3N2O3. The summed E-state index contributed by atoms with van der Waals surface area (Å²) in [4.78, 5) is 25.8. The fourth-order valence-electron chi connectivity index (χ4n) is 1.05. The molecule has 0 saturated heterocycles. The number of carboxylic acids is 1. The summed E-state index contributed by atoms with van der Waals surface area (Å²) in [5, 5.41) is 10.2. The lowest BCUT2D eigenvalue weighted by Crippen LogP contribution is -2.62. The maximum atomic E-state index is 12.7. The molecule has 104 valence electrons. The number of aromatic nitrogens is 1. The first-order valence-corrected chi connectivity index (χ1v) is 5.20. The van der Waals surface area contributed by atoms with Crippen molar-refractivity contribution in [3.8, 4) is 0 Å². The predicted molar refractivity (Wildman–Crippen MR) is 58.8 cm³/mol. The summed E-state index contributed by atoms with van der Waals surface area (Å²) in [6.45, 7) is 0.350. The Morgan fingerprint density at radius 2 is 1.95 bits per heavy atom. The Morgan fingerprint density at radius 1 is 1.37 bits per heavy atom. The van der Waals surface area contributed by atoms with Crippen molar-refractivity contribution in [3.63, 3.8) is 0 Å². The molecule has 0 saturated carbocycles. The van der Waals surface area contributed by atoms with Gasteiger partial charge in [-0.25, -0.2) is 9.78 Å². The molecule has 9 heteroatoms. The summed E-state index contributed by atoms with van der Waals surface area (Å²) >= 11 is 5.50. The lowest BCUT2D eigenvalue weighted by molar-refractivity contribution is -0.203. The summed E-state index contributed by atoms with van der Waals surface area (Å²) in [6, 6.07) is 2.32. The van der Waals surface area contributed by atoms with Crippen molar-refractivity contribution >= 4 is 23.5 Å². The standard InChI is InChI=1S/C10H8ClF3N2O3/c1-9(8(18)19,10(12,13)14)16-7(17)6-3-2-5(11)4-15-6/h2-4H,1H3,(H,16,17)(H,18,19). The van der Waals surface area contributed by atoms with Crippen molar-refractivity contribution in [3.05, 3.63) is 29.0 Å². The van der Waals surface area contributed by atoms with E-state index in [4.69, 9.17) is 16.7 Å². The monoisotopic (exact) mass is 296 g/mol. The number of carbonyl (C=O) groups is 2. The summed E-state index contributed by atoms with van der Waals surface area (Å²) in [5.74, 6) is -3.48. The molecule has 0 aromatic carbocycles. The van der Waals surface area contributed by atoms with Crippen LogP contribution in [0.15, 0.2) is 18.3 Å². The van der Waals surface area contributed by atoms with Crippen molar-refractivity contribution in [1.29, 1.82) is 0 Å². The molecule has 0 aliphatic rings. The fourth-order valence-corrected chi connectivity index (χ4v) is 1.16. The smallest absolute Gasteiger partial charge is 0.422 e. The zero-order chi connectivity index (χ0) is 14.8. The van der Waals surface area contributed by atoms with Gasteiger partial charge in [-0.1, -0.05) is 11.6 Å². The number of aliphatic carboxylic acids is 1. The largest absolute Gasteiger partial charge is 0.479 e. The number of nitrogens with zero attached hydrogens (tertiary/aromatic N) is 1. The van der Waals surface area contributed by atoms with Gasteiger partial charge >= 0.3 is 12.1 Å². The number of amides is 1. The van der Waals surface area contributed by atoms with Gasteiger partial charge in [0, 0.05) is 6.20 Å². The van der Waals surface area contributed by atoms with E-state index in [0.717, 1.165) is 12.3 Å². The Morgan fingerprint density at radius 3 is 2.32 bits per heavy atom. The van der Waals surface area contributed by atoms with E-state index in [1.165, 1.54) is 11.4 Å². The third-order valence-electron chi connectivity index (χ3n) is 2.32. The molecule has 1 aromatic rings. The number of carbonyl (C=O) groups excluding carboxylic acids is 1. The van der Waals surface area contributed by atoms with Crippen molar-refractivity contribution in [2.45, 2.75) is 18.6 Å². The van der Waals surface area contributed by atoms with Crippen molar-refractivity contribution in [2.75, 3.05) is 0 Å². The van der Waals surface area contributed by atoms with Gasteiger partial charge in [0.05, 0.1) is 5.02 Å². The second-order valence-corrected chi connectivity index (χ2v) is 4.18. The molecule has 1 atom stereocenters. The maximum absolute atomic E-state index is 12.7. The highest BCUT2D eigenvalue weighted by molar-refractivity contribution is 6.30. The number of alkyl halides is 3. The van der Waals surface area contributed by atoms with E-state index in [9.17, 15) is 22.8 Å². The first kappa shape index (κ1) is 15.2. The van der Waals surface area contributed by atoms with Crippen molar-refractivity contribution in [2.24, 2.45) is 0 Å². The van der Waals surface area contributed by atoms with Crippen LogP contribution in [0.3, 0.4) is 0 Å². The van der Waals surface area contributed by atoms with Gasteiger partial charge in [0.2, 0.25) is 5.54 Å². The molecule has 0 aliphatic carbocycles. The Bertz CT molecular complexity index is 504. The molecule has 2 N–H and O–H groups in total. The lowest BCUT2D eigenvalue weighted by atomic mass is 10.0. The molecule has 0 bridgehead atoms. The zero-order valence-corrected chi connectivity index (χ0v) is 10.2. The van der Waals surface area contributed by atoms with Crippen molar-refractivity contribution in [1.82, 2.24) is 10.3 Å². The first-order chi connectivity index (χ1) is 8.58. The van der Waals surface area contributed by atoms with E-state index in [-0.39, 0.29) is 10.7 Å². The predicted octanol–water partition coefficient (Wildman–Crippen LogP) is 1.87. The van der Waals surface area contributed by atoms with Gasteiger partial charge in [-0.15, -0.1) is 0 Å². The minimum absolute atomic E-state index is 0.188. The van der Waals surface area contributed by atoms with Gasteiger partial charge in [0.15, 0.2) is 0 Å². The molecule has 19 heavy (non-hydrogen) atoms. The van der Waals surface area contributed by atoms with Crippen LogP contribution in [-0.2, 0) is 4.79 Å². The molecule has 1 rings (SSSR count). The molecule has 1 heterocycles. The van der Waals surface area contributed by atoms with Crippen LogP contribution in [0, 0.1) is 0 Å². The average molecular weight is 297 g/mol. The summed E-state index contributed by atoms with van der Waals surface area (Å²) in [5.41, 5.74) is -3.77. The number of nitrogens with one attached hydrogen (secondary N) is 1. The van der Waals surface area contributed by atoms with Crippen LogP contribution in [0.5, 0.6) is 0 Å². The number of rotatable bonds is 3. The van der Waals surface area contributed by atoms with Gasteiger partial charge in [-0.3, -0.25) is 4.79 Å². The molecule has 1 unspecified atom stereocenters. The Labute approximate surface area is 110 Å². The van der Waals surface area contributed by atoms with Crippen LogP contribution in [-0.4, -0.2) is 33.7 Å². The van der Waals surface area contributed by atoms with Gasteiger partial charge in [0.25, 0.3) is 5.91 Å². The van der Waals surface area contributed by atoms with Crippen LogP contribution in [0.1, 0.15) is 17.4 Å². The Kier molecular flexibility index (Phi) is 4.04. The molecule has 1 amide bonds. The van der Waals surface area contributed by atoms with Crippen LogP contribution >= 0.6 is 11.6 Å². The van der Waals surface area contributed by atoms with Crippen molar-refractivity contribution < 1.29 is 27.9 Å². The highest BCUT2D eigenvalue weighted by Crippen LogP contribution is 2.30. The number of hydrogen-bond acceptors (Lipinski definition) is 3. The molecule has 0 aliphatic heterocycles. The zero-order valence-electron chi connectivity index (χ0n) is 9.45. The van der Waals surface area contributed by atoms with E-state index in [1.54, 1.807) is 0 Å². The third kappa shape index (κ3) is 3.14. The van der Waals surface area contributed by atoms with Crippen LogP contribution in [0.2, 0.25) is 5.02 Å². The highest BCUT2D eigenvalue weighted by atomic mass is 35.5. The number of hydrogen-bond donors (Lipinski definition) is 2. The summed E-state index contributed by atoms with van der Waals surface area (Å²) in [6.07, 6.45) is -4.09. The molecular weight excluding hydrogens is 289 g/mol. The maximum Gasteiger partial charge on any atom is 0.422 e. The van der Waals surface area contributed by atoms with Gasteiger partial charge in [-0.05, 0) is 19.1 Å². The molecule has 1 aromatic heterocycles. The fraction of sp³-hybridized carbons (Fsp3) is 0.300. The lowest BCUT2D eigenvalue weighted by Gasteiger charge is -2.28. The van der Waals surface area contributed by atoms with Crippen LogP contribution < -0.4 is 5.32 Å². The number of halogens is 4. The van der Waals surface area contributed by atoms with E-state index < -0.39 is 23.6 Å². The molecule has 0 radical (unpaired) electrons. The topological polar surface area (TPSA) is 79.3 Å². The average Bonchev–Trinajstić information content (AvgIpc) is 2.27. The van der Waals surface area contributed by atoms with E-state index in [2.05, 4.69) is 4.98 Å². The third-order valence-corrected chi connectivity index (χ3v) is 2.54. The SMILES string of the molecule is CC(NC(=O)c1ccc(Cl)cn1)(C(=O)O)C(F)(F)F. The quantitative estimate of drug-likeness (QED) is 0.892. The number of carboxylic acid groups (broad SMARTS) is 1. The van der Waals surface area contributed by atoms with Crippen LogP contribution in [0.4, 0.5) is 13.2 Å². The minimum atomic E-state index is -5.15. The van der Waals surface area contributed by atoms with Crippen LogP contribution in [0.25, 0.3) is 0 Å². The van der Waals surface area contributed by atoms with E-state index in [0.29, 0.717) is 6.92 Å². The Hall–Kier alpha value is -1.83. The molecule has 0 fully saturated rings. The van der Waals surface area contributed by atoms with E-state index >= 15 is 0 Å². The van der Waals surface area contributed by atoms with Gasteiger partial charge in [-0.2, -0.15) is 13.2 Å². The number of pyridine rings is 1. The molecule has 5 nitrogen and oxygen atoms in total. The van der Waals surface area contributed by atoms with Gasteiger partial charge < -0.3 is 10.4 Å². The van der Waals surface area contributed by atoms with Gasteiger partial charge in [0.1, 0.15) is 5.69 Å². The second-order valence-electron chi connectivity index (χ2n) is 3.74. The normalized spacial score (nSPS) is 14.6. The first-order valence-electron chi connectivity index (χ1n) is 4.82. The second kappa shape index (κ2) is 5.04. The minimum Gasteiger partial charge on any atom is -0.479 e. The summed E-state index contributed by atoms with van der Waals surface area (Å²) in [7, 11) is 0. The molecule has 0 spiro atoms. The summed E-state index contributed by atoms with van der Waals surface area (Å²) < 4.78 is 38.0. The highest BCUT2D eigenvalue weighted by Gasteiger charge is 2.58.